The fourth-order valence-electron chi connectivity index (χ4n) is 2.49. The molecule has 3 rings (SSSR count). The number of anilines is 2. The van der Waals surface area contributed by atoms with Gasteiger partial charge in [0.2, 0.25) is 0 Å². The summed E-state index contributed by atoms with van der Waals surface area (Å²) in [5, 5.41) is 15.4. The Bertz CT molecular complexity index is 899. The number of carbonyl (C=O) groups is 1. The number of carboxylic acids is 1. The van der Waals surface area contributed by atoms with Gasteiger partial charge in [-0.3, -0.25) is 0 Å². The van der Waals surface area contributed by atoms with Crippen molar-refractivity contribution in [1.29, 1.82) is 0 Å². The van der Waals surface area contributed by atoms with Crippen LogP contribution in [0, 0.1) is 0 Å². The van der Waals surface area contributed by atoms with E-state index in [-0.39, 0.29) is 0 Å². The molecule has 130 valence electrons. The molecule has 0 saturated carbocycles. The third-order valence-electron chi connectivity index (χ3n) is 3.70. The third-order valence-corrected chi connectivity index (χ3v) is 6.71. The summed E-state index contributed by atoms with van der Waals surface area (Å²) in [6.07, 6.45) is 1.95. The summed E-state index contributed by atoms with van der Waals surface area (Å²) >= 11 is 4.36. The molecule has 0 fully saturated rings. The zero-order valence-electron chi connectivity index (χ0n) is 14.1. The second-order valence-electron chi connectivity index (χ2n) is 5.73. The molecular weight excluding hydrogens is 372 g/mol. The van der Waals surface area contributed by atoms with Gasteiger partial charge in [-0.05, 0) is 29.9 Å². The molecule has 0 aliphatic carbocycles. The first-order valence-electron chi connectivity index (χ1n) is 7.72. The van der Waals surface area contributed by atoms with E-state index < -0.39 is 5.97 Å². The molecule has 4 nitrogen and oxygen atoms in total. The maximum atomic E-state index is 11.2. The van der Waals surface area contributed by atoms with Crippen molar-refractivity contribution >= 4 is 51.2 Å². The Labute approximate surface area is 158 Å². The molecule has 2 heterocycles. The molecule has 0 aliphatic rings. The Morgan fingerprint density at radius 2 is 2.08 bits per heavy atom. The average molecular weight is 391 g/mol. The fourth-order valence-corrected chi connectivity index (χ4v) is 4.94. The summed E-state index contributed by atoms with van der Waals surface area (Å²) in [6, 6.07) is 9.92. The van der Waals surface area contributed by atoms with Gasteiger partial charge in [0.15, 0.2) is 5.13 Å². The first kappa shape index (κ1) is 18.0. The van der Waals surface area contributed by atoms with Crippen molar-refractivity contribution in [3.05, 3.63) is 46.2 Å². The van der Waals surface area contributed by atoms with Crippen LogP contribution in [-0.2, 0) is 0 Å². The number of hydrogen-bond donors (Lipinski definition) is 2. The highest BCUT2D eigenvalue weighted by molar-refractivity contribution is 8.00. The van der Waals surface area contributed by atoms with E-state index in [1.807, 2.05) is 23.8 Å². The summed E-state index contributed by atoms with van der Waals surface area (Å²) in [6.45, 7) is 4.33. The average Bonchev–Trinajstić information content (AvgIpc) is 3.21. The number of aromatic carboxylic acids is 1. The monoisotopic (exact) mass is 390 g/mol. The number of nitrogens with zero attached hydrogens (tertiary/aromatic N) is 1. The van der Waals surface area contributed by atoms with E-state index in [0.29, 0.717) is 10.8 Å². The van der Waals surface area contributed by atoms with Crippen LogP contribution in [0.4, 0.5) is 10.8 Å². The molecule has 0 bridgehead atoms. The lowest BCUT2D eigenvalue weighted by Gasteiger charge is -2.12. The zero-order valence-corrected chi connectivity index (χ0v) is 16.5. The van der Waals surface area contributed by atoms with Crippen LogP contribution < -0.4 is 5.32 Å². The van der Waals surface area contributed by atoms with Gasteiger partial charge in [-0.25, -0.2) is 9.78 Å². The molecule has 1 aromatic carbocycles. The largest absolute Gasteiger partial charge is 0.477 e. The smallest absolute Gasteiger partial charge is 0.345 e. The lowest BCUT2D eigenvalue weighted by molar-refractivity contribution is 0.0702. The van der Waals surface area contributed by atoms with Gasteiger partial charge in [0, 0.05) is 16.6 Å². The first-order valence-corrected chi connectivity index (χ1v) is 10.6. The zero-order chi connectivity index (χ0) is 18.0. The first-order chi connectivity index (χ1) is 12.0. The predicted octanol–water partition coefficient (Wildman–Crippen LogP) is 6.16. The van der Waals surface area contributed by atoms with Crippen molar-refractivity contribution in [1.82, 2.24) is 4.98 Å². The Morgan fingerprint density at radius 1 is 1.32 bits per heavy atom. The molecule has 2 N–H and O–H groups in total. The van der Waals surface area contributed by atoms with Crippen LogP contribution in [0.3, 0.4) is 0 Å². The highest BCUT2D eigenvalue weighted by atomic mass is 32.2. The molecule has 25 heavy (non-hydrogen) atoms. The Morgan fingerprint density at radius 3 is 2.76 bits per heavy atom. The number of benzene rings is 1. The predicted molar refractivity (Wildman–Crippen MR) is 108 cm³/mol. The van der Waals surface area contributed by atoms with Crippen LogP contribution in [0.1, 0.15) is 35.0 Å². The molecule has 0 atom stereocenters. The normalized spacial score (nSPS) is 11.0. The van der Waals surface area contributed by atoms with Gasteiger partial charge in [-0.2, -0.15) is 0 Å². The number of aromatic nitrogens is 1. The van der Waals surface area contributed by atoms with E-state index in [4.69, 9.17) is 0 Å². The molecule has 0 spiro atoms. The summed E-state index contributed by atoms with van der Waals surface area (Å²) in [7, 11) is 0. The lowest BCUT2D eigenvalue weighted by Crippen LogP contribution is -1.97. The van der Waals surface area contributed by atoms with Crippen molar-refractivity contribution in [2.24, 2.45) is 0 Å². The number of para-hydroxylation sites is 1. The van der Waals surface area contributed by atoms with Gasteiger partial charge in [-0.1, -0.05) is 32.0 Å². The number of rotatable bonds is 6. The number of thiazole rings is 1. The van der Waals surface area contributed by atoms with Crippen molar-refractivity contribution in [3.63, 3.8) is 0 Å². The van der Waals surface area contributed by atoms with Crippen molar-refractivity contribution in [2.45, 2.75) is 24.0 Å². The fraction of sp³-hybridized carbons (Fsp3) is 0.222. The van der Waals surface area contributed by atoms with Crippen molar-refractivity contribution < 1.29 is 9.90 Å². The number of carboxylic acid groups (broad SMARTS) is 1. The molecule has 0 amide bonds. The van der Waals surface area contributed by atoms with Crippen LogP contribution in [0.5, 0.6) is 0 Å². The molecule has 0 saturated heterocycles. The Balaban J connectivity index is 1.90. The third kappa shape index (κ3) is 3.89. The van der Waals surface area contributed by atoms with Crippen LogP contribution >= 0.6 is 34.4 Å². The Kier molecular flexibility index (Phi) is 5.46. The van der Waals surface area contributed by atoms with Gasteiger partial charge >= 0.3 is 5.97 Å². The van der Waals surface area contributed by atoms with Gasteiger partial charge in [0.1, 0.15) is 4.88 Å². The van der Waals surface area contributed by atoms with Crippen molar-refractivity contribution in [3.8, 4) is 11.3 Å². The molecule has 7 heteroatoms. The Hall–Kier alpha value is -1.83. The minimum atomic E-state index is -0.897. The molecule has 0 unspecified atom stereocenters. The minimum Gasteiger partial charge on any atom is -0.477 e. The standard InChI is InChI=1S/C18H18N2O2S3/c1-10(2)11-6-4-5-7-13(11)19-18-20-14(9-24-18)12-8-15(16(21)22)25-17(12)23-3/h4-10H,1-3H3,(H,19,20)(H,21,22). The van der Waals surface area contributed by atoms with E-state index >= 15 is 0 Å². The van der Waals surface area contributed by atoms with Gasteiger partial charge in [0.05, 0.1) is 9.90 Å². The number of hydrogen-bond acceptors (Lipinski definition) is 6. The maximum absolute atomic E-state index is 11.2. The highest BCUT2D eigenvalue weighted by Gasteiger charge is 2.17. The van der Waals surface area contributed by atoms with E-state index in [1.165, 1.54) is 28.2 Å². The van der Waals surface area contributed by atoms with Crippen LogP contribution in [0.25, 0.3) is 11.3 Å². The maximum Gasteiger partial charge on any atom is 0.345 e. The number of nitrogens with one attached hydrogen (secondary N) is 1. The number of thioether (sulfide) groups is 1. The van der Waals surface area contributed by atoms with Crippen LogP contribution in [-0.4, -0.2) is 22.3 Å². The summed E-state index contributed by atoms with van der Waals surface area (Å²) < 4.78 is 0.969. The van der Waals surface area contributed by atoms with E-state index in [0.717, 1.165) is 26.3 Å². The molecule has 0 radical (unpaired) electrons. The van der Waals surface area contributed by atoms with Crippen molar-refractivity contribution in [2.75, 3.05) is 11.6 Å². The van der Waals surface area contributed by atoms with Gasteiger partial charge in [0.25, 0.3) is 0 Å². The molecular formula is C18H18N2O2S3. The molecule has 0 aliphatic heterocycles. The lowest BCUT2D eigenvalue weighted by atomic mass is 10.0. The van der Waals surface area contributed by atoms with E-state index in [1.54, 1.807) is 17.8 Å². The SMILES string of the molecule is CSc1sc(C(=O)O)cc1-c1csc(Nc2ccccc2C(C)C)n1. The summed E-state index contributed by atoms with van der Waals surface area (Å²) in [5.74, 6) is -0.479. The van der Waals surface area contributed by atoms with Gasteiger partial charge < -0.3 is 10.4 Å². The second-order valence-corrected chi connectivity index (χ2v) is 8.71. The van der Waals surface area contributed by atoms with Crippen LogP contribution in [0.2, 0.25) is 0 Å². The quantitative estimate of drug-likeness (QED) is 0.494. The molecule has 3 aromatic rings. The molecule has 2 aromatic heterocycles. The summed E-state index contributed by atoms with van der Waals surface area (Å²) in [5.41, 5.74) is 3.99. The topological polar surface area (TPSA) is 62.2 Å². The van der Waals surface area contributed by atoms with E-state index in [9.17, 15) is 9.90 Å². The number of thiophene rings is 1. The highest BCUT2D eigenvalue weighted by Crippen LogP contribution is 2.39. The summed E-state index contributed by atoms with van der Waals surface area (Å²) in [4.78, 5) is 16.2. The van der Waals surface area contributed by atoms with Crippen LogP contribution in [0.15, 0.2) is 39.9 Å². The minimum absolute atomic E-state index is 0.340. The van der Waals surface area contributed by atoms with E-state index in [2.05, 4.69) is 36.3 Å². The van der Waals surface area contributed by atoms with Gasteiger partial charge in [-0.15, -0.1) is 34.4 Å². The second kappa shape index (κ2) is 7.59.